The van der Waals surface area contributed by atoms with Crippen LogP contribution >= 0.6 is 27.3 Å². The van der Waals surface area contributed by atoms with Crippen molar-refractivity contribution in [2.24, 2.45) is 5.84 Å². The van der Waals surface area contributed by atoms with E-state index >= 15 is 0 Å². The number of benzene rings is 1. The van der Waals surface area contributed by atoms with Crippen LogP contribution in [0.25, 0.3) is 0 Å². The lowest BCUT2D eigenvalue weighted by atomic mass is 10.0. The Labute approximate surface area is 132 Å². The molecule has 0 saturated carbocycles. The van der Waals surface area contributed by atoms with E-state index in [2.05, 4.69) is 26.1 Å². The maximum Gasteiger partial charge on any atom is 0.573 e. The summed E-state index contributed by atoms with van der Waals surface area (Å²) in [5.41, 5.74) is 4.58. The molecule has 0 aliphatic carbocycles. The second-order valence-electron chi connectivity index (χ2n) is 4.30. The summed E-state index contributed by atoms with van der Waals surface area (Å²) >= 11 is 4.92. The summed E-state index contributed by atoms with van der Waals surface area (Å²) in [6.07, 6.45) is -4.11. The van der Waals surface area contributed by atoms with Gasteiger partial charge in [0.2, 0.25) is 0 Å². The molecule has 3 nitrogen and oxygen atoms in total. The number of nitrogens with two attached hydrogens (primary N) is 1. The predicted octanol–water partition coefficient (Wildman–Crippen LogP) is 4.16. The third kappa shape index (κ3) is 4.99. The summed E-state index contributed by atoms with van der Waals surface area (Å²) in [6.45, 7) is 0. The Bertz CT molecular complexity index is 586. The second-order valence-corrected chi connectivity index (χ2v) is 6.59. The number of thiophene rings is 1. The van der Waals surface area contributed by atoms with Crippen LogP contribution in [0.3, 0.4) is 0 Å². The number of alkyl halides is 3. The Morgan fingerprint density at radius 3 is 2.43 bits per heavy atom. The first-order valence-electron chi connectivity index (χ1n) is 5.92. The predicted molar refractivity (Wildman–Crippen MR) is 78.9 cm³/mol. The zero-order valence-electron chi connectivity index (χ0n) is 10.7. The zero-order chi connectivity index (χ0) is 15.5. The average molecular weight is 381 g/mol. The van der Waals surface area contributed by atoms with E-state index in [1.807, 2.05) is 11.4 Å². The molecule has 1 atom stereocenters. The van der Waals surface area contributed by atoms with E-state index in [1.165, 1.54) is 12.1 Å². The van der Waals surface area contributed by atoms with Crippen LogP contribution in [0.5, 0.6) is 5.75 Å². The molecule has 8 heteroatoms. The van der Waals surface area contributed by atoms with Crippen LogP contribution in [0.1, 0.15) is 17.2 Å². The number of hydrogen-bond donors (Lipinski definition) is 2. The highest BCUT2D eigenvalue weighted by atomic mass is 79.9. The molecule has 0 amide bonds. The highest BCUT2D eigenvalue weighted by Crippen LogP contribution is 2.28. The topological polar surface area (TPSA) is 47.3 Å². The molecular formula is C13H12BrF3N2OS. The molecule has 0 aliphatic heterocycles. The minimum atomic E-state index is -4.67. The summed E-state index contributed by atoms with van der Waals surface area (Å²) in [5.74, 6) is 5.31. The van der Waals surface area contributed by atoms with Crippen LogP contribution in [0.2, 0.25) is 0 Å². The molecule has 114 valence electrons. The first-order chi connectivity index (χ1) is 9.87. The Kier molecular flexibility index (Phi) is 5.26. The van der Waals surface area contributed by atoms with Gasteiger partial charge in [0, 0.05) is 0 Å². The molecule has 0 saturated heterocycles. The van der Waals surface area contributed by atoms with Gasteiger partial charge in [0.05, 0.1) is 9.83 Å². The van der Waals surface area contributed by atoms with E-state index in [0.717, 1.165) is 14.9 Å². The first kappa shape index (κ1) is 16.3. The van der Waals surface area contributed by atoms with Gasteiger partial charge >= 0.3 is 6.36 Å². The quantitative estimate of drug-likeness (QED) is 0.604. The third-order valence-electron chi connectivity index (χ3n) is 2.79. The Morgan fingerprint density at radius 1 is 1.29 bits per heavy atom. The highest BCUT2D eigenvalue weighted by Gasteiger charge is 2.30. The van der Waals surface area contributed by atoms with Gasteiger partial charge in [-0.3, -0.25) is 11.3 Å². The van der Waals surface area contributed by atoms with Gasteiger partial charge in [-0.05, 0) is 57.1 Å². The molecule has 0 spiro atoms. The number of ether oxygens (including phenoxy) is 1. The standard InChI is InChI=1S/C13H12BrF3N2OS/c14-12-6-9(7-21-12)11(19-18)5-8-1-3-10(4-2-8)20-13(15,16)17/h1-4,6-7,11,19H,5,18H2. The zero-order valence-corrected chi connectivity index (χ0v) is 13.1. The van der Waals surface area contributed by atoms with E-state index in [9.17, 15) is 13.2 Å². The van der Waals surface area contributed by atoms with Crippen LogP contribution in [0, 0.1) is 0 Å². The molecule has 1 aromatic heterocycles. The van der Waals surface area contributed by atoms with Gasteiger partial charge in [-0.25, -0.2) is 0 Å². The van der Waals surface area contributed by atoms with Crippen LogP contribution in [0.15, 0.2) is 39.5 Å². The molecule has 0 radical (unpaired) electrons. The fraction of sp³-hybridized carbons (Fsp3) is 0.231. The number of halogens is 4. The molecule has 1 unspecified atom stereocenters. The number of hydrazine groups is 1. The van der Waals surface area contributed by atoms with Crippen molar-refractivity contribution in [2.45, 2.75) is 18.8 Å². The number of hydrogen-bond acceptors (Lipinski definition) is 4. The first-order valence-corrected chi connectivity index (χ1v) is 7.59. The van der Waals surface area contributed by atoms with E-state index in [-0.39, 0.29) is 11.8 Å². The maximum atomic E-state index is 12.1. The minimum absolute atomic E-state index is 0.109. The fourth-order valence-corrected chi connectivity index (χ4v) is 3.07. The number of rotatable bonds is 5. The monoisotopic (exact) mass is 380 g/mol. The van der Waals surface area contributed by atoms with Crippen molar-refractivity contribution in [2.75, 3.05) is 0 Å². The third-order valence-corrected chi connectivity index (χ3v) is 4.31. The Morgan fingerprint density at radius 2 is 1.95 bits per heavy atom. The molecular weight excluding hydrogens is 369 g/mol. The summed E-state index contributed by atoms with van der Waals surface area (Å²) < 4.78 is 41.1. The lowest BCUT2D eigenvalue weighted by Crippen LogP contribution is -2.29. The van der Waals surface area contributed by atoms with Gasteiger partial charge in [-0.1, -0.05) is 12.1 Å². The van der Waals surface area contributed by atoms with Crippen molar-refractivity contribution in [1.82, 2.24) is 5.43 Å². The second kappa shape index (κ2) is 6.78. The lowest BCUT2D eigenvalue weighted by molar-refractivity contribution is -0.274. The average Bonchev–Trinajstić information content (AvgIpc) is 2.82. The largest absolute Gasteiger partial charge is 0.573 e. The van der Waals surface area contributed by atoms with Crippen LogP contribution in [0.4, 0.5) is 13.2 Å². The normalized spacial score (nSPS) is 13.2. The van der Waals surface area contributed by atoms with Gasteiger partial charge < -0.3 is 4.74 Å². The van der Waals surface area contributed by atoms with Crippen molar-refractivity contribution in [1.29, 1.82) is 0 Å². The van der Waals surface area contributed by atoms with Crippen LogP contribution in [-0.4, -0.2) is 6.36 Å². The van der Waals surface area contributed by atoms with E-state index in [1.54, 1.807) is 23.5 Å². The van der Waals surface area contributed by atoms with E-state index in [0.29, 0.717) is 6.42 Å². The van der Waals surface area contributed by atoms with Crippen molar-refractivity contribution >= 4 is 27.3 Å². The molecule has 21 heavy (non-hydrogen) atoms. The van der Waals surface area contributed by atoms with Gasteiger partial charge in [0.15, 0.2) is 0 Å². The fourth-order valence-electron chi connectivity index (χ4n) is 1.84. The molecule has 2 rings (SSSR count). The summed E-state index contributed by atoms with van der Waals surface area (Å²) in [6, 6.07) is 7.61. The van der Waals surface area contributed by atoms with Crippen molar-refractivity contribution in [3.8, 4) is 5.75 Å². The summed E-state index contributed by atoms with van der Waals surface area (Å²) in [5, 5.41) is 1.97. The molecule has 0 fully saturated rings. The molecule has 0 aliphatic rings. The van der Waals surface area contributed by atoms with Crippen LogP contribution < -0.4 is 16.0 Å². The SMILES string of the molecule is NNC(Cc1ccc(OC(F)(F)F)cc1)c1csc(Br)c1. The highest BCUT2D eigenvalue weighted by molar-refractivity contribution is 9.11. The lowest BCUT2D eigenvalue weighted by Gasteiger charge is -2.15. The summed E-state index contributed by atoms with van der Waals surface area (Å²) in [4.78, 5) is 0. The maximum absolute atomic E-state index is 12.1. The van der Waals surface area contributed by atoms with Crippen LogP contribution in [-0.2, 0) is 6.42 Å². The molecule has 3 N–H and O–H groups in total. The molecule has 2 aromatic rings. The molecule has 1 aromatic carbocycles. The van der Waals surface area contributed by atoms with Crippen molar-refractivity contribution in [3.63, 3.8) is 0 Å². The van der Waals surface area contributed by atoms with Crippen molar-refractivity contribution in [3.05, 3.63) is 50.6 Å². The van der Waals surface area contributed by atoms with Gasteiger partial charge in [-0.15, -0.1) is 24.5 Å². The van der Waals surface area contributed by atoms with Crippen molar-refractivity contribution < 1.29 is 17.9 Å². The Hall–Kier alpha value is -1.09. The van der Waals surface area contributed by atoms with Gasteiger partial charge in [0.25, 0.3) is 0 Å². The molecule has 1 heterocycles. The minimum Gasteiger partial charge on any atom is -0.406 e. The number of nitrogens with one attached hydrogen (secondary N) is 1. The molecule has 0 bridgehead atoms. The Balaban J connectivity index is 2.05. The van der Waals surface area contributed by atoms with E-state index in [4.69, 9.17) is 5.84 Å². The smallest absolute Gasteiger partial charge is 0.406 e. The van der Waals surface area contributed by atoms with Gasteiger partial charge in [0.1, 0.15) is 5.75 Å². The van der Waals surface area contributed by atoms with E-state index < -0.39 is 6.36 Å². The van der Waals surface area contributed by atoms with Gasteiger partial charge in [-0.2, -0.15) is 0 Å². The summed E-state index contributed by atoms with van der Waals surface area (Å²) in [7, 11) is 0.